The van der Waals surface area contributed by atoms with Gasteiger partial charge in [-0.3, -0.25) is 14.5 Å². The Labute approximate surface area is 233 Å². The molecule has 1 aliphatic heterocycles. The van der Waals surface area contributed by atoms with E-state index in [4.69, 9.17) is 27.9 Å². The summed E-state index contributed by atoms with van der Waals surface area (Å²) in [5.74, 6) is -0.482. The van der Waals surface area contributed by atoms with Gasteiger partial charge in [-0.15, -0.1) is 0 Å². The largest absolute Gasteiger partial charge is 0.396 e. The van der Waals surface area contributed by atoms with Crippen LogP contribution < -0.4 is 0 Å². The first-order chi connectivity index (χ1) is 17.7. The zero-order valence-corrected chi connectivity index (χ0v) is 23.2. The Morgan fingerprint density at radius 1 is 1.00 bits per heavy atom. The molecule has 37 heavy (non-hydrogen) atoms. The molecule has 194 valence electrons. The van der Waals surface area contributed by atoms with Gasteiger partial charge in [-0.05, 0) is 42.8 Å². The van der Waals surface area contributed by atoms with E-state index in [0.29, 0.717) is 32.3 Å². The summed E-state index contributed by atoms with van der Waals surface area (Å²) < 4.78 is 6.66. The van der Waals surface area contributed by atoms with Crippen LogP contribution in [0.25, 0.3) is 0 Å². The number of hydrogen-bond donors (Lipinski definition) is 2. The van der Waals surface area contributed by atoms with Crippen LogP contribution in [-0.2, 0) is 17.0 Å². The summed E-state index contributed by atoms with van der Waals surface area (Å²) in [6, 6.07) is 19.1. The zero-order valence-electron chi connectivity index (χ0n) is 20.1. The first-order valence-electron chi connectivity index (χ1n) is 11.6. The topological polar surface area (TPSA) is 87.1 Å². The molecule has 1 amide bonds. The lowest BCUT2D eigenvalue weighted by molar-refractivity contribution is -0.146. The number of halogens is 3. The summed E-state index contributed by atoms with van der Waals surface area (Å²) in [5, 5.41) is 21.5. The van der Waals surface area contributed by atoms with E-state index in [1.165, 1.54) is 6.92 Å². The molecule has 0 saturated heterocycles. The number of benzene rings is 3. The molecule has 1 heterocycles. The summed E-state index contributed by atoms with van der Waals surface area (Å²) >= 11 is 15.7. The molecule has 1 aliphatic rings. The lowest BCUT2D eigenvalue weighted by Crippen LogP contribution is -2.49. The number of hydrogen-bond acceptors (Lipinski definition) is 5. The SMILES string of the molecule is CC(=O)c1ccc2c(c1)C(=O)N(Cc1ccc(Cl)cc1)C2(OCC(CO)(CO)CBr)c1ccc(Cl)cc1. The molecule has 6 nitrogen and oxygen atoms in total. The van der Waals surface area contributed by atoms with Crippen LogP contribution in [-0.4, -0.2) is 52.0 Å². The third-order valence-electron chi connectivity index (χ3n) is 6.68. The van der Waals surface area contributed by atoms with Crippen molar-refractivity contribution in [1.29, 1.82) is 0 Å². The third kappa shape index (κ3) is 5.21. The van der Waals surface area contributed by atoms with Crippen molar-refractivity contribution in [3.63, 3.8) is 0 Å². The van der Waals surface area contributed by atoms with E-state index < -0.39 is 11.1 Å². The molecule has 0 saturated carbocycles. The number of aliphatic hydroxyl groups excluding tert-OH is 2. The van der Waals surface area contributed by atoms with Crippen LogP contribution in [0.15, 0.2) is 66.7 Å². The second-order valence-corrected chi connectivity index (χ2v) is 10.7. The van der Waals surface area contributed by atoms with Gasteiger partial charge < -0.3 is 14.9 Å². The summed E-state index contributed by atoms with van der Waals surface area (Å²) in [7, 11) is 0. The Morgan fingerprint density at radius 2 is 1.59 bits per heavy atom. The molecule has 3 aromatic carbocycles. The number of ketones is 1. The van der Waals surface area contributed by atoms with E-state index in [1.54, 1.807) is 59.5 Å². The maximum atomic E-state index is 14.0. The van der Waals surface area contributed by atoms with E-state index in [-0.39, 0.29) is 43.4 Å². The van der Waals surface area contributed by atoms with Gasteiger partial charge in [0.2, 0.25) is 0 Å². The minimum Gasteiger partial charge on any atom is -0.396 e. The summed E-state index contributed by atoms with van der Waals surface area (Å²) in [6.45, 7) is 0.857. The molecule has 1 atom stereocenters. The number of alkyl halides is 1. The molecule has 9 heteroatoms. The quantitative estimate of drug-likeness (QED) is 0.237. The van der Waals surface area contributed by atoms with Gasteiger partial charge in [0.15, 0.2) is 11.5 Å². The third-order valence-corrected chi connectivity index (χ3v) is 8.37. The molecular formula is C28H26BrCl2NO5. The number of aliphatic hydroxyl groups is 2. The maximum absolute atomic E-state index is 14.0. The minimum atomic E-state index is -1.43. The van der Waals surface area contributed by atoms with Crippen LogP contribution in [0.4, 0.5) is 0 Å². The molecule has 1 unspecified atom stereocenters. The van der Waals surface area contributed by atoms with Crippen molar-refractivity contribution in [2.45, 2.75) is 19.2 Å². The monoisotopic (exact) mass is 605 g/mol. The second-order valence-electron chi connectivity index (χ2n) is 9.22. The number of amides is 1. The lowest BCUT2D eigenvalue weighted by atomic mass is 9.90. The molecule has 0 aromatic heterocycles. The van der Waals surface area contributed by atoms with Crippen LogP contribution in [0.3, 0.4) is 0 Å². The molecule has 4 rings (SSSR count). The van der Waals surface area contributed by atoms with Crippen molar-refractivity contribution in [2.75, 3.05) is 25.2 Å². The predicted octanol–water partition coefficient (Wildman–Crippen LogP) is 5.44. The van der Waals surface area contributed by atoms with E-state index >= 15 is 0 Å². The number of Topliss-reactive ketones (excluding diaryl/α,β-unsaturated/α-hetero) is 1. The minimum absolute atomic E-state index is 0.0772. The number of fused-ring (bicyclic) bond motifs is 1. The highest BCUT2D eigenvalue weighted by atomic mass is 79.9. The number of nitrogens with zero attached hydrogens (tertiary/aromatic N) is 1. The fraction of sp³-hybridized carbons (Fsp3) is 0.286. The van der Waals surface area contributed by atoms with Crippen molar-refractivity contribution in [3.8, 4) is 0 Å². The smallest absolute Gasteiger partial charge is 0.257 e. The fourth-order valence-corrected chi connectivity index (χ4v) is 5.14. The van der Waals surface area contributed by atoms with Gasteiger partial charge in [0.05, 0.1) is 19.8 Å². The highest BCUT2D eigenvalue weighted by molar-refractivity contribution is 9.09. The van der Waals surface area contributed by atoms with Gasteiger partial charge in [0.1, 0.15) is 0 Å². The Morgan fingerprint density at radius 3 is 2.14 bits per heavy atom. The van der Waals surface area contributed by atoms with Crippen LogP contribution >= 0.6 is 39.1 Å². The van der Waals surface area contributed by atoms with Crippen molar-refractivity contribution in [3.05, 3.63) is 105 Å². The predicted molar refractivity (Wildman–Crippen MR) is 146 cm³/mol. The van der Waals surface area contributed by atoms with E-state index in [0.717, 1.165) is 5.56 Å². The standard InChI is InChI=1S/C28H26BrCl2NO5/c1-18(35)20-4-11-25-24(12-20)26(36)32(13-19-2-7-22(30)8-3-19)28(25,21-5-9-23(31)10-6-21)37-17-27(14-29,15-33)16-34/h2-12,33-34H,13-17H2,1H3. The van der Waals surface area contributed by atoms with Gasteiger partial charge in [-0.2, -0.15) is 0 Å². The van der Waals surface area contributed by atoms with E-state index in [9.17, 15) is 19.8 Å². The normalized spacial score (nSPS) is 17.2. The Kier molecular flexibility index (Phi) is 8.43. The van der Waals surface area contributed by atoms with Gasteiger partial charge >= 0.3 is 0 Å². The van der Waals surface area contributed by atoms with Crippen LogP contribution in [0.1, 0.15) is 44.3 Å². The van der Waals surface area contributed by atoms with E-state index in [2.05, 4.69) is 15.9 Å². The van der Waals surface area contributed by atoms with Crippen molar-refractivity contribution >= 4 is 50.8 Å². The van der Waals surface area contributed by atoms with Crippen molar-refractivity contribution < 1.29 is 24.5 Å². The van der Waals surface area contributed by atoms with Crippen LogP contribution in [0.2, 0.25) is 10.0 Å². The van der Waals surface area contributed by atoms with Gasteiger partial charge in [0, 0.05) is 49.6 Å². The highest BCUT2D eigenvalue weighted by Crippen LogP contribution is 2.47. The average Bonchev–Trinajstić information content (AvgIpc) is 3.14. The molecule has 0 radical (unpaired) electrons. The molecule has 2 N–H and O–H groups in total. The van der Waals surface area contributed by atoms with Crippen LogP contribution in [0, 0.1) is 5.41 Å². The molecule has 0 spiro atoms. The first-order valence-corrected chi connectivity index (χ1v) is 13.5. The molecule has 0 bridgehead atoms. The van der Waals surface area contributed by atoms with Gasteiger partial charge in [-0.25, -0.2) is 0 Å². The highest BCUT2D eigenvalue weighted by Gasteiger charge is 2.53. The number of rotatable bonds is 10. The lowest BCUT2D eigenvalue weighted by Gasteiger charge is -2.42. The molecule has 0 fully saturated rings. The molecule has 3 aromatic rings. The number of ether oxygens (including phenoxy) is 1. The summed E-state index contributed by atoms with van der Waals surface area (Å²) in [6.07, 6.45) is 0. The van der Waals surface area contributed by atoms with E-state index in [1.807, 2.05) is 12.1 Å². The molecule has 0 aliphatic carbocycles. The number of carbonyl (C=O) groups excluding carboxylic acids is 2. The van der Waals surface area contributed by atoms with Gasteiger partial charge in [-0.1, -0.05) is 75.5 Å². The fourth-order valence-electron chi connectivity index (χ4n) is 4.37. The Hall–Kier alpha value is -2.26. The first kappa shape index (κ1) is 27.8. The van der Waals surface area contributed by atoms with Crippen LogP contribution in [0.5, 0.6) is 0 Å². The Bertz CT molecular complexity index is 1290. The average molecular weight is 607 g/mol. The maximum Gasteiger partial charge on any atom is 0.257 e. The number of carbonyl (C=O) groups is 2. The van der Waals surface area contributed by atoms with Crippen molar-refractivity contribution in [1.82, 2.24) is 4.90 Å². The van der Waals surface area contributed by atoms with Crippen molar-refractivity contribution in [2.24, 2.45) is 5.41 Å². The summed E-state index contributed by atoms with van der Waals surface area (Å²) in [4.78, 5) is 27.8. The zero-order chi connectivity index (χ0) is 26.8. The molecular weight excluding hydrogens is 581 g/mol. The Balaban J connectivity index is 1.95. The second kappa shape index (κ2) is 11.2. The summed E-state index contributed by atoms with van der Waals surface area (Å²) in [5.41, 5.74) is 0.321. The van der Waals surface area contributed by atoms with Gasteiger partial charge in [0.25, 0.3) is 5.91 Å².